The second kappa shape index (κ2) is 5.20. The molecular weight excluding hydrogens is 202 g/mol. The van der Waals surface area contributed by atoms with Crippen LogP contribution in [-0.4, -0.2) is 58.7 Å². The van der Waals surface area contributed by atoms with Crippen molar-refractivity contribution >= 4 is 0 Å². The fourth-order valence-corrected chi connectivity index (χ4v) is 1.49. The topological polar surface area (TPSA) is 105 Å². The molecular formula is C9H19NO5. The Bertz CT molecular complexity index is 199. The highest BCUT2D eigenvalue weighted by Crippen LogP contribution is 2.21. The summed E-state index contributed by atoms with van der Waals surface area (Å²) in [7, 11) is 0. The molecule has 0 saturated carbocycles. The van der Waals surface area contributed by atoms with Crippen LogP contribution in [-0.2, 0) is 9.47 Å². The van der Waals surface area contributed by atoms with Crippen LogP contribution in [0.5, 0.6) is 0 Å². The van der Waals surface area contributed by atoms with Crippen molar-refractivity contribution < 1.29 is 24.8 Å². The van der Waals surface area contributed by atoms with Crippen LogP contribution in [0.15, 0.2) is 0 Å². The smallest absolute Gasteiger partial charge is 0.176 e. The number of hydrogen-bond acceptors (Lipinski definition) is 6. The third-order valence-corrected chi connectivity index (χ3v) is 2.33. The van der Waals surface area contributed by atoms with Crippen molar-refractivity contribution in [3.63, 3.8) is 0 Å². The quantitative estimate of drug-likeness (QED) is 0.447. The average molecular weight is 221 g/mol. The number of aliphatic hydroxyl groups is 3. The van der Waals surface area contributed by atoms with Crippen molar-refractivity contribution in [1.29, 1.82) is 0 Å². The summed E-state index contributed by atoms with van der Waals surface area (Å²) in [6.45, 7) is 3.23. The molecule has 0 aromatic rings. The SMILES string of the molecule is CC(C)O[C@@H]1O[C@H](CO)[C@@H](O)[C@H](O)[C@H]1N. The Morgan fingerprint density at radius 1 is 1.33 bits per heavy atom. The molecule has 1 fully saturated rings. The summed E-state index contributed by atoms with van der Waals surface area (Å²) in [4.78, 5) is 0. The third kappa shape index (κ3) is 2.87. The van der Waals surface area contributed by atoms with Gasteiger partial charge in [-0.05, 0) is 13.8 Å². The highest BCUT2D eigenvalue weighted by Gasteiger charge is 2.43. The Labute approximate surface area is 88.6 Å². The zero-order valence-electron chi connectivity index (χ0n) is 8.91. The average Bonchev–Trinajstić information content (AvgIpc) is 2.18. The normalized spacial score (nSPS) is 42.2. The van der Waals surface area contributed by atoms with E-state index in [4.69, 9.17) is 20.3 Å². The number of rotatable bonds is 3. The molecule has 0 bridgehead atoms. The monoisotopic (exact) mass is 221 g/mol. The molecule has 6 heteroatoms. The van der Waals surface area contributed by atoms with Crippen molar-refractivity contribution in [1.82, 2.24) is 0 Å². The highest BCUT2D eigenvalue weighted by molar-refractivity contribution is 4.91. The molecule has 0 aromatic carbocycles. The number of ether oxygens (including phenoxy) is 2. The van der Waals surface area contributed by atoms with Crippen molar-refractivity contribution in [2.24, 2.45) is 5.73 Å². The Kier molecular flexibility index (Phi) is 4.45. The standard InChI is InChI=1S/C9H19NO5/c1-4(2)14-9-6(10)8(13)7(12)5(3-11)15-9/h4-9,11-13H,3,10H2,1-2H3/t5-,6-,7-,8-,9-/m1/s1. The van der Waals surface area contributed by atoms with Crippen LogP contribution in [0.25, 0.3) is 0 Å². The van der Waals surface area contributed by atoms with E-state index in [1.807, 2.05) is 0 Å². The van der Waals surface area contributed by atoms with Crippen molar-refractivity contribution in [2.75, 3.05) is 6.61 Å². The zero-order chi connectivity index (χ0) is 11.6. The minimum Gasteiger partial charge on any atom is -0.394 e. The Morgan fingerprint density at radius 2 is 1.93 bits per heavy atom. The summed E-state index contributed by atoms with van der Waals surface area (Å²) in [5, 5.41) is 28.0. The summed E-state index contributed by atoms with van der Waals surface area (Å²) >= 11 is 0. The van der Waals surface area contributed by atoms with Gasteiger partial charge in [-0.1, -0.05) is 0 Å². The maximum absolute atomic E-state index is 9.58. The lowest BCUT2D eigenvalue weighted by Crippen LogP contribution is -2.62. The Balaban J connectivity index is 2.65. The molecule has 0 spiro atoms. The number of nitrogens with two attached hydrogens (primary N) is 1. The molecule has 0 unspecified atom stereocenters. The fourth-order valence-electron chi connectivity index (χ4n) is 1.49. The number of aliphatic hydroxyl groups excluding tert-OH is 3. The maximum atomic E-state index is 9.58. The molecule has 1 heterocycles. The van der Waals surface area contributed by atoms with Crippen LogP contribution < -0.4 is 5.73 Å². The largest absolute Gasteiger partial charge is 0.394 e. The minimum absolute atomic E-state index is 0.108. The van der Waals surface area contributed by atoms with Gasteiger partial charge in [-0.3, -0.25) is 0 Å². The maximum Gasteiger partial charge on any atom is 0.176 e. The highest BCUT2D eigenvalue weighted by atomic mass is 16.7. The van der Waals surface area contributed by atoms with Crippen LogP contribution in [0.3, 0.4) is 0 Å². The Hall–Kier alpha value is -0.240. The van der Waals surface area contributed by atoms with E-state index in [1.54, 1.807) is 13.8 Å². The summed E-state index contributed by atoms with van der Waals surface area (Å²) in [5.41, 5.74) is 5.64. The van der Waals surface area contributed by atoms with Crippen molar-refractivity contribution in [3.05, 3.63) is 0 Å². The van der Waals surface area contributed by atoms with Crippen molar-refractivity contribution in [3.8, 4) is 0 Å². The van der Waals surface area contributed by atoms with E-state index >= 15 is 0 Å². The zero-order valence-corrected chi connectivity index (χ0v) is 8.91. The molecule has 0 radical (unpaired) electrons. The van der Waals surface area contributed by atoms with Gasteiger partial charge in [0.05, 0.1) is 18.8 Å². The van der Waals surface area contributed by atoms with Crippen LogP contribution in [0.1, 0.15) is 13.8 Å². The second-order valence-electron chi connectivity index (χ2n) is 3.97. The molecule has 1 rings (SSSR count). The summed E-state index contributed by atoms with van der Waals surface area (Å²) in [6.07, 6.45) is -4.11. The van der Waals surface area contributed by atoms with Gasteiger partial charge in [0.1, 0.15) is 18.3 Å². The van der Waals surface area contributed by atoms with Gasteiger partial charge in [0.25, 0.3) is 0 Å². The third-order valence-electron chi connectivity index (χ3n) is 2.33. The van der Waals surface area contributed by atoms with Crippen LogP contribution >= 0.6 is 0 Å². The van der Waals surface area contributed by atoms with Crippen LogP contribution in [0.4, 0.5) is 0 Å². The van der Waals surface area contributed by atoms with Crippen LogP contribution in [0, 0.1) is 0 Å². The molecule has 0 aromatic heterocycles. The minimum atomic E-state index is -1.18. The molecule has 1 aliphatic rings. The van der Waals surface area contributed by atoms with Gasteiger partial charge in [-0.2, -0.15) is 0 Å². The van der Waals surface area contributed by atoms with Gasteiger partial charge in [0.15, 0.2) is 6.29 Å². The molecule has 5 atom stereocenters. The fraction of sp³-hybridized carbons (Fsp3) is 1.00. The molecule has 90 valence electrons. The first-order valence-electron chi connectivity index (χ1n) is 5.01. The van der Waals surface area contributed by atoms with Gasteiger partial charge in [0, 0.05) is 0 Å². The van der Waals surface area contributed by atoms with Gasteiger partial charge in [0.2, 0.25) is 0 Å². The van der Waals surface area contributed by atoms with E-state index in [1.165, 1.54) is 0 Å². The van der Waals surface area contributed by atoms with Gasteiger partial charge >= 0.3 is 0 Å². The summed E-state index contributed by atoms with van der Waals surface area (Å²) in [6, 6.07) is -0.815. The molecule has 1 aliphatic heterocycles. The van der Waals surface area contributed by atoms with E-state index in [-0.39, 0.29) is 12.7 Å². The van der Waals surface area contributed by atoms with E-state index in [9.17, 15) is 10.2 Å². The molecule has 1 saturated heterocycles. The van der Waals surface area contributed by atoms with Crippen molar-refractivity contribution in [2.45, 2.75) is 50.6 Å². The molecule has 15 heavy (non-hydrogen) atoms. The van der Waals surface area contributed by atoms with E-state index in [2.05, 4.69) is 0 Å². The van der Waals surface area contributed by atoms with E-state index in [0.29, 0.717) is 0 Å². The first kappa shape index (κ1) is 12.8. The number of hydrogen-bond donors (Lipinski definition) is 4. The Morgan fingerprint density at radius 3 is 2.40 bits per heavy atom. The van der Waals surface area contributed by atoms with E-state index < -0.39 is 30.6 Å². The lowest BCUT2D eigenvalue weighted by atomic mass is 9.98. The predicted octanol–water partition coefficient (Wildman–Crippen LogP) is -1.82. The lowest BCUT2D eigenvalue weighted by molar-refractivity contribution is -0.274. The molecule has 0 aliphatic carbocycles. The summed E-state index contributed by atoms with van der Waals surface area (Å²) in [5.74, 6) is 0. The first-order valence-corrected chi connectivity index (χ1v) is 5.01. The molecule has 5 N–H and O–H groups in total. The first-order chi connectivity index (χ1) is 6.97. The summed E-state index contributed by atoms with van der Waals surface area (Å²) < 4.78 is 10.6. The van der Waals surface area contributed by atoms with Crippen LogP contribution in [0.2, 0.25) is 0 Å². The van der Waals surface area contributed by atoms with Gasteiger partial charge in [-0.15, -0.1) is 0 Å². The molecule has 6 nitrogen and oxygen atoms in total. The lowest BCUT2D eigenvalue weighted by Gasteiger charge is -2.40. The predicted molar refractivity (Wildman–Crippen MR) is 52.0 cm³/mol. The van der Waals surface area contributed by atoms with Gasteiger partial charge in [-0.25, -0.2) is 0 Å². The van der Waals surface area contributed by atoms with E-state index in [0.717, 1.165) is 0 Å². The van der Waals surface area contributed by atoms with Gasteiger partial charge < -0.3 is 30.5 Å². The second-order valence-corrected chi connectivity index (χ2v) is 3.97. The molecule has 0 amide bonds.